The van der Waals surface area contributed by atoms with E-state index in [0.717, 1.165) is 17.7 Å². The number of nitrogens with one attached hydrogen (secondary N) is 2. The monoisotopic (exact) mass is 459 g/mol. The predicted molar refractivity (Wildman–Crippen MR) is 125 cm³/mol. The summed E-state index contributed by atoms with van der Waals surface area (Å²) < 4.78 is 0.573. The Morgan fingerprint density at radius 1 is 1.03 bits per heavy atom. The van der Waals surface area contributed by atoms with Crippen LogP contribution in [0.25, 0.3) is 6.08 Å². The van der Waals surface area contributed by atoms with Gasteiger partial charge in [0.15, 0.2) is 0 Å². The summed E-state index contributed by atoms with van der Waals surface area (Å²) in [5.41, 5.74) is 5.30. The zero-order chi connectivity index (χ0) is 21.3. The number of carbonyl (C=O) groups excluding carboxylic acids is 3. The van der Waals surface area contributed by atoms with Gasteiger partial charge in [-0.2, -0.15) is 0 Å². The summed E-state index contributed by atoms with van der Waals surface area (Å²) in [6.45, 7) is 0.540. The van der Waals surface area contributed by atoms with Crippen molar-refractivity contribution in [2.75, 3.05) is 6.54 Å². The van der Waals surface area contributed by atoms with Crippen molar-refractivity contribution < 1.29 is 14.4 Å². The van der Waals surface area contributed by atoms with E-state index < -0.39 is 0 Å². The van der Waals surface area contributed by atoms with Crippen LogP contribution in [0.15, 0.2) is 52.7 Å². The highest BCUT2D eigenvalue weighted by molar-refractivity contribution is 8.26. The molecule has 1 aliphatic heterocycles. The van der Waals surface area contributed by atoms with Gasteiger partial charge in [-0.05, 0) is 42.5 Å². The van der Waals surface area contributed by atoms with Gasteiger partial charge in [-0.25, -0.2) is 0 Å². The Bertz CT molecular complexity index is 943. The zero-order valence-electron chi connectivity index (χ0n) is 16.1. The summed E-state index contributed by atoms with van der Waals surface area (Å²) in [6.07, 6.45) is 4.36. The highest BCUT2D eigenvalue weighted by atomic mass is 32.2. The molecule has 9 heteroatoms. The van der Waals surface area contributed by atoms with Crippen molar-refractivity contribution in [2.45, 2.75) is 25.7 Å². The molecule has 0 spiro atoms. The van der Waals surface area contributed by atoms with Gasteiger partial charge in [-0.15, -0.1) is 11.3 Å². The van der Waals surface area contributed by atoms with Gasteiger partial charge in [0, 0.05) is 23.4 Å². The number of thiocarbonyl (C=S) groups is 1. The van der Waals surface area contributed by atoms with Crippen LogP contribution in [-0.2, 0) is 9.59 Å². The third kappa shape index (κ3) is 6.25. The zero-order valence-corrected chi connectivity index (χ0v) is 18.6. The maximum atomic E-state index is 12.5. The summed E-state index contributed by atoms with van der Waals surface area (Å²) >= 11 is 8.24. The van der Waals surface area contributed by atoms with E-state index in [2.05, 4.69) is 10.9 Å². The Morgan fingerprint density at radius 2 is 1.83 bits per heavy atom. The average molecular weight is 460 g/mol. The first-order valence-corrected chi connectivity index (χ1v) is 11.6. The van der Waals surface area contributed by atoms with E-state index in [-0.39, 0.29) is 17.7 Å². The van der Waals surface area contributed by atoms with Gasteiger partial charge < -0.3 is 0 Å². The molecule has 30 heavy (non-hydrogen) atoms. The Hall–Kier alpha value is -2.49. The van der Waals surface area contributed by atoms with Crippen LogP contribution >= 0.6 is 35.3 Å². The molecule has 3 rings (SSSR count). The van der Waals surface area contributed by atoms with Crippen LogP contribution in [0.5, 0.6) is 0 Å². The fraction of sp³-hybridized carbons (Fsp3) is 0.238. The molecule has 2 aromatic rings. The standard InChI is InChI=1S/C21H21N3O3S3/c25-18(22-23-19(26)15-8-3-1-4-9-15)11-5-2-6-12-24-20(27)17(30-21(24)28)14-16-10-7-13-29-16/h1,3-4,7-10,13-14H,2,5-6,11-12H2,(H,22,25)(H,23,26)/b17-14+. The minimum atomic E-state index is -0.353. The molecule has 2 N–H and O–H groups in total. The van der Waals surface area contributed by atoms with Crippen molar-refractivity contribution in [3.63, 3.8) is 0 Å². The minimum absolute atomic E-state index is 0.0558. The molecule has 2 heterocycles. The van der Waals surface area contributed by atoms with Gasteiger partial charge in [0.1, 0.15) is 4.32 Å². The number of amides is 3. The van der Waals surface area contributed by atoms with Crippen molar-refractivity contribution >= 4 is 63.4 Å². The van der Waals surface area contributed by atoms with Crippen molar-refractivity contribution in [2.24, 2.45) is 0 Å². The lowest BCUT2D eigenvalue weighted by atomic mass is 10.2. The van der Waals surface area contributed by atoms with Gasteiger partial charge in [-0.1, -0.05) is 54.7 Å². The molecule has 6 nitrogen and oxygen atoms in total. The molecular formula is C21H21N3O3S3. The first-order valence-electron chi connectivity index (χ1n) is 9.47. The number of benzene rings is 1. The Balaban J connectivity index is 1.33. The quantitative estimate of drug-likeness (QED) is 0.270. The van der Waals surface area contributed by atoms with Gasteiger partial charge in [-0.3, -0.25) is 30.1 Å². The topological polar surface area (TPSA) is 78.5 Å². The summed E-state index contributed by atoms with van der Waals surface area (Å²) in [5.74, 6) is -0.655. The maximum absolute atomic E-state index is 12.5. The van der Waals surface area contributed by atoms with Crippen molar-refractivity contribution in [3.05, 3.63) is 63.2 Å². The van der Waals surface area contributed by atoms with Gasteiger partial charge in [0.05, 0.1) is 4.91 Å². The van der Waals surface area contributed by atoms with E-state index in [1.165, 1.54) is 11.8 Å². The molecule has 0 bridgehead atoms. The van der Waals surface area contributed by atoms with E-state index >= 15 is 0 Å². The summed E-state index contributed by atoms with van der Waals surface area (Å²) in [6, 6.07) is 12.6. The lowest BCUT2D eigenvalue weighted by molar-refractivity contribution is -0.123. The predicted octanol–water partition coefficient (Wildman–Crippen LogP) is 3.97. The molecule has 0 aliphatic carbocycles. The molecule has 0 unspecified atom stereocenters. The van der Waals surface area contributed by atoms with Crippen LogP contribution in [0.4, 0.5) is 0 Å². The average Bonchev–Trinajstić information content (AvgIpc) is 3.35. The Labute approximate surface area is 188 Å². The molecule has 1 aromatic heterocycles. The second-order valence-corrected chi connectivity index (χ2v) is 9.18. The van der Waals surface area contributed by atoms with Crippen LogP contribution in [0.3, 0.4) is 0 Å². The number of hydrogen-bond donors (Lipinski definition) is 2. The van der Waals surface area contributed by atoms with Gasteiger partial charge in [0.2, 0.25) is 5.91 Å². The Kier molecular flexibility index (Phi) is 8.18. The van der Waals surface area contributed by atoms with Crippen molar-refractivity contribution in [3.8, 4) is 0 Å². The highest BCUT2D eigenvalue weighted by Gasteiger charge is 2.31. The number of thioether (sulfide) groups is 1. The molecule has 1 aromatic carbocycles. The normalized spacial score (nSPS) is 14.9. The van der Waals surface area contributed by atoms with E-state index in [1.54, 1.807) is 40.5 Å². The molecule has 1 aliphatic rings. The number of hydrogen-bond acceptors (Lipinski definition) is 6. The molecule has 1 fully saturated rings. The number of carbonyl (C=O) groups is 3. The third-order valence-corrected chi connectivity index (χ3v) is 6.52. The molecule has 0 radical (unpaired) electrons. The van der Waals surface area contributed by atoms with Crippen LogP contribution in [0.2, 0.25) is 0 Å². The number of unbranched alkanes of at least 4 members (excludes halogenated alkanes) is 2. The molecular weight excluding hydrogens is 438 g/mol. The van der Waals surface area contributed by atoms with Crippen LogP contribution in [0, 0.1) is 0 Å². The number of hydrazine groups is 1. The second kappa shape index (κ2) is 11.1. The molecule has 156 valence electrons. The Morgan fingerprint density at radius 3 is 2.57 bits per heavy atom. The van der Waals surface area contributed by atoms with Crippen LogP contribution in [-0.4, -0.2) is 33.5 Å². The van der Waals surface area contributed by atoms with E-state index in [1.807, 2.05) is 29.7 Å². The fourth-order valence-electron chi connectivity index (χ4n) is 2.78. The first-order chi connectivity index (χ1) is 14.5. The largest absolute Gasteiger partial charge is 0.293 e. The smallest absolute Gasteiger partial charge is 0.269 e. The molecule has 3 amide bonds. The van der Waals surface area contributed by atoms with E-state index in [4.69, 9.17) is 12.2 Å². The fourth-order valence-corrected chi connectivity index (χ4v) is 4.81. The maximum Gasteiger partial charge on any atom is 0.269 e. The lowest BCUT2D eigenvalue weighted by Crippen LogP contribution is -2.41. The highest BCUT2D eigenvalue weighted by Crippen LogP contribution is 2.33. The lowest BCUT2D eigenvalue weighted by Gasteiger charge is -2.14. The molecule has 0 saturated carbocycles. The van der Waals surface area contributed by atoms with Crippen molar-refractivity contribution in [1.29, 1.82) is 0 Å². The van der Waals surface area contributed by atoms with Crippen LogP contribution in [0.1, 0.15) is 40.9 Å². The number of thiophene rings is 1. The van der Waals surface area contributed by atoms with Gasteiger partial charge >= 0.3 is 0 Å². The summed E-state index contributed by atoms with van der Waals surface area (Å²) in [4.78, 5) is 39.6. The van der Waals surface area contributed by atoms with Crippen molar-refractivity contribution in [1.82, 2.24) is 15.8 Å². The molecule has 1 saturated heterocycles. The van der Waals surface area contributed by atoms with E-state index in [9.17, 15) is 14.4 Å². The van der Waals surface area contributed by atoms with Crippen LogP contribution < -0.4 is 10.9 Å². The minimum Gasteiger partial charge on any atom is -0.293 e. The van der Waals surface area contributed by atoms with Gasteiger partial charge in [0.25, 0.3) is 11.8 Å². The third-order valence-electron chi connectivity index (χ3n) is 4.33. The molecule has 0 atom stereocenters. The second-order valence-electron chi connectivity index (χ2n) is 6.53. The first kappa shape index (κ1) is 22.2. The number of nitrogens with zero attached hydrogens (tertiary/aromatic N) is 1. The summed E-state index contributed by atoms with van der Waals surface area (Å²) in [5, 5.41) is 1.97. The van der Waals surface area contributed by atoms with E-state index in [0.29, 0.717) is 34.2 Å². The SMILES string of the molecule is O=C(CCCCCN1C(=O)/C(=C\c2cccs2)SC1=S)NNC(=O)c1ccccc1. The summed E-state index contributed by atoms with van der Waals surface area (Å²) in [7, 11) is 0. The number of rotatable bonds is 8.